The van der Waals surface area contributed by atoms with Crippen molar-refractivity contribution in [2.45, 2.75) is 98.5 Å². The summed E-state index contributed by atoms with van der Waals surface area (Å²) in [6, 6.07) is 0. The molecular formula is C30H46O6. The average molecular weight is 503 g/mol. The van der Waals surface area contributed by atoms with Gasteiger partial charge in [0.25, 0.3) is 0 Å². The first-order chi connectivity index (χ1) is 16.6. The second-order valence-electron chi connectivity index (χ2n) is 12.1. The second kappa shape index (κ2) is 11.4. The maximum absolute atomic E-state index is 11.5. The van der Waals surface area contributed by atoms with Crippen LogP contribution in [0, 0.1) is 29.1 Å². The van der Waals surface area contributed by atoms with Crippen LogP contribution < -0.4 is 0 Å². The van der Waals surface area contributed by atoms with E-state index in [1.165, 1.54) is 12.0 Å². The molecule has 6 heteroatoms. The Hall–Kier alpha value is -2.34. The Labute approximate surface area is 216 Å². The molecule has 6 nitrogen and oxygen atoms in total. The molecule has 1 aromatic carbocycles. The molecule has 0 saturated heterocycles. The number of phenols is 3. The highest BCUT2D eigenvalue weighted by Crippen LogP contribution is 2.62. The molecule has 4 N–H and O–H groups in total. The number of carbonyl (C=O) groups excluding carboxylic acids is 2. The summed E-state index contributed by atoms with van der Waals surface area (Å²) < 4.78 is 0. The Morgan fingerprint density at radius 1 is 1.03 bits per heavy atom. The molecule has 1 unspecified atom stereocenters. The maximum Gasteiger partial charge on any atom is 0.157 e. The number of benzene rings is 1. The van der Waals surface area contributed by atoms with Crippen molar-refractivity contribution in [3.8, 4) is 17.2 Å². The van der Waals surface area contributed by atoms with E-state index >= 15 is 0 Å². The van der Waals surface area contributed by atoms with Crippen LogP contribution in [0.3, 0.4) is 0 Å². The van der Waals surface area contributed by atoms with Crippen LogP contribution >= 0.6 is 0 Å². The SMILES string of the molecule is C=C1CC[C@@H](C(C)c2c(O)c(C=O)c(O)c(C=O)c2O)[C@]2(C)CC[C@@H](C(C)(C)O)C[C@@H]12.CCC(C)C. The van der Waals surface area contributed by atoms with E-state index in [4.69, 9.17) is 0 Å². The first-order valence-electron chi connectivity index (χ1n) is 13.3. The van der Waals surface area contributed by atoms with Crippen LogP contribution in [0.25, 0.3) is 0 Å². The van der Waals surface area contributed by atoms with Crippen LogP contribution in [0.2, 0.25) is 0 Å². The van der Waals surface area contributed by atoms with E-state index in [2.05, 4.69) is 34.3 Å². The van der Waals surface area contributed by atoms with Gasteiger partial charge in [-0.2, -0.15) is 0 Å². The number of carbonyl (C=O) groups is 2. The molecule has 36 heavy (non-hydrogen) atoms. The predicted octanol–water partition coefficient (Wildman–Crippen LogP) is 6.74. The van der Waals surface area contributed by atoms with Crippen LogP contribution in [0.15, 0.2) is 12.2 Å². The summed E-state index contributed by atoms with van der Waals surface area (Å²) in [7, 11) is 0. The first kappa shape index (κ1) is 29.9. The Morgan fingerprint density at radius 3 is 1.94 bits per heavy atom. The fraction of sp³-hybridized carbons (Fsp3) is 0.667. The van der Waals surface area contributed by atoms with Crippen molar-refractivity contribution in [2.24, 2.45) is 29.1 Å². The Balaban J connectivity index is 0.000000830. The van der Waals surface area contributed by atoms with Gasteiger partial charge in [-0.05, 0) is 81.0 Å². The van der Waals surface area contributed by atoms with Crippen molar-refractivity contribution in [2.75, 3.05) is 0 Å². The van der Waals surface area contributed by atoms with Gasteiger partial charge in [0, 0.05) is 5.56 Å². The molecular weight excluding hydrogens is 456 g/mol. The van der Waals surface area contributed by atoms with Gasteiger partial charge in [-0.1, -0.05) is 53.2 Å². The molecule has 2 fully saturated rings. The number of aromatic hydroxyl groups is 3. The van der Waals surface area contributed by atoms with E-state index < -0.39 is 22.8 Å². The number of rotatable bonds is 6. The van der Waals surface area contributed by atoms with Gasteiger partial charge in [0.1, 0.15) is 17.2 Å². The number of hydrogen-bond acceptors (Lipinski definition) is 6. The van der Waals surface area contributed by atoms with Crippen LogP contribution in [-0.2, 0) is 0 Å². The van der Waals surface area contributed by atoms with E-state index in [0.29, 0.717) is 12.6 Å². The van der Waals surface area contributed by atoms with E-state index in [9.17, 15) is 30.0 Å². The molecule has 0 aliphatic heterocycles. The van der Waals surface area contributed by atoms with Crippen LogP contribution in [0.5, 0.6) is 17.2 Å². The lowest BCUT2D eigenvalue weighted by Gasteiger charge is -2.56. The summed E-state index contributed by atoms with van der Waals surface area (Å²) in [5.74, 6) is -0.733. The molecule has 0 amide bonds. The third-order valence-corrected chi connectivity index (χ3v) is 9.10. The van der Waals surface area contributed by atoms with E-state index in [1.807, 2.05) is 20.8 Å². The van der Waals surface area contributed by atoms with E-state index in [1.54, 1.807) is 0 Å². The average Bonchev–Trinajstić information content (AvgIpc) is 2.79. The summed E-state index contributed by atoms with van der Waals surface area (Å²) in [4.78, 5) is 23.0. The number of aldehydes is 2. The standard InChI is InChI=1S/C25H34O6.C5H12/c1-13-6-7-18(25(5)9-8-15(10-19(13)25)24(3,4)31)14(2)20-22(29)16(11-26)21(28)17(12-27)23(20)30;1-4-5(2)3/h11-12,14-15,18-19,28-31H,1,6-10H2,2-5H3;5H,4H2,1-3H3/t14?,15-,18+,19+,25+;/m1./s1. The van der Waals surface area contributed by atoms with Crippen molar-refractivity contribution in [1.29, 1.82) is 0 Å². The Morgan fingerprint density at radius 2 is 1.53 bits per heavy atom. The Bertz CT molecular complexity index is 938. The van der Waals surface area contributed by atoms with Crippen LogP contribution in [0.4, 0.5) is 0 Å². The molecule has 3 rings (SSSR count). The lowest BCUT2D eigenvalue weighted by molar-refractivity contribution is -0.0631. The molecule has 202 valence electrons. The molecule has 2 aliphatic carbocycles. The third-order valence-electron chi connectivity index (χ3n) is 9.10. The minimum Gasteiger partial charge on any atom is -0.507 e. The molecule has 5 atom stereocenters. The zero-order valence-corrected chi connectivity index (χ0v) is 23.1. The molecule has 2 saturated carbocycles. The first-order valence-corrected chi connectivity index (χ1v) is 13.3. The summed E-state index contributed by atoms with van der Waals surface area (Å²) in [6.45, 7) is 18.8. The number of phenolic OH excluding ortho intramolecular Hbond substituents is 3. The highest BCUT2D eigenvalue weighted by Gasteiger charge is 2.52. The normalized spacial score (nSPS) is 27.0. The zero-order valence-electron chi connectivity index (χ0n) is 23.1. The lowest BCUT2D eigenvalue weighted by Crippen LogP contribution is -2.49. The van der Waals surface area contributed by atoms with Gasteiger partial charge in [0.15, 0.2) is 12.6 Å². The summed E-state index contributed by atoms with van der Waals surface area (Å²) in [5.41, 5.74) is -0.407. The van der Waals surface area contributed by atoms with Crippen LogP contribution in [0.1, 0.15) is 119 Å². The number of fused-ring (bicyclic) bond motifs is 1. The minimum absolute atomic E-state index is 0.0473. The molecule has 2 aliphatic rings. The second-order valence-corrected chi connectivity index (χ2v) is 12.1. The zero-order chi connectivity index (χ0) is 27.6. The fourth-order valence-electron chi connectivity index (χ4n) is 6.34. The summed E-state index contributed by atoms with van der Waals surface area (Å²) in [6.07, 6.45) is 6.06. The largest absolute Gasteiger partial charge is 0.507 e. The number of hydrogen-bond donors (Lipinski definition) is 4. The molecule has 0 radical (unpaired) electrons. The van der Waals surface area contributed by atoms with Gasteiger partial charge in [-0.3, -0.25) is 9.59 Å². The van der Waals surface area contributed by atoms with Gasteiger partial charge < -0.3 is 20.4 Å². The van der Waals surface area contributed by atoms with Gasteiger partial charge in [0.05, 0.1) is 16.7 Å². The Kier molecular flexibility index (Phi) is 9.44. The van der Waals surface area contributed by atoms with Crippen molar-refractivity contribution >= 4 is 12.6 Å². The fourth-order valence-corrected chi connectivity index (χ4v) is 6.34. The molecule has 0 spiro atoms. The topological polar surface area (TPSA) is 115 Å². The van der Waals surface area contributed by atoms with Crippen molar-refractivity contribution in [3.05, 3.63) is 28.8 Å². The molecule has 0 aromatic heterocycles. The third kappa shape index (κ3) is 5.64. The van der Waals surface area contributed by atoms with Crippen LogP contribution in [-0.4, -0.2) is 38.6 Å². The van der Waals surface area contributed by atoms with Gasteiger partial charge in [-0.25, -0.2) is 0 Å². The van der Waals surface area contributed by atoms with Gasteiger partial charge in [0.2, 0.25) is 0 Å². The van der Waals surface area contributed by atoms with Crippen molar-refractivity contribution in [3.63, 3.8) is 0 Å². The predicted molar refractivity (Wildman–Crippen MR) is 143 cm³/mol. The highest BCUT2D eigenvalue weighted by molar-refractivity contribution is 5.94. The lowest BCUT2D eigenvalue weighted by atomic mass is 9.49. The maximum atomic E-state index is 11.5. The van der Waals surface area contributed by atoms with Crippen molar-refractivity contribution in [1.82, 2.24) is 0 Å². The minimum atomic E-state index is -0.772. The number of aliphatic hydroxyl groups is 1. The number of allylic oxidation sites excluding steroid dienone is 1. The van der Waals surface area contributed by atoms with Gasteiger partial charge >= 0.3 is 0 Å². The van der Waals surface area contributed by atoms with Crippen molar-refractivity contribution < 1.29 is 30.0 Å². The van der Waals surface area contributed by atoms with E-state index in [-0.39, 0.29) is 45.8 Å². The highest BCUT2D eigenvalue weighted by atomic mass is 16.3. The van der Waals surface area contributed by atoms with Gasteiger partial charge in [-0.15, -0.1) is 0 Å². The summed E-state index contributed by atoms with van der Waals surface area (Å²) >= 11 is 0. The molecule has 0 heterocycles. The monoisotopic (exact) mass is 502 g/mol. The molecule has 0 bridgehead atoms. The quantitative estimate of drug-likeness (QED) is 0.253. The molecule has 1 aromatic rings. The van der Waals surface area contributed by atoms with E-state index in [0.717, 1.165) is 38.0 Å². The smallest absolute Gasteiger partial charge is 0.157 e. The summed E-state index contributed by atoms with van der Waals surface area (Å²) in [5, 5.41) is 42.2.